The van der Waals surface area contributed by atoms with Gasteiger partial charge in [-0.2, -0.15) is 0 Å². The summed E-state index contributed by atoms with van der Waals surface area (Å²) in [5.41, 5.74) is 6.06. The van der Waals surface area contributed by atoms with E-state index >= 15 is 0 Å². The van der Waals surface area contributed by atoms with E-state index in [-0.39, 0.29) is 32.3 Å². The van der Waals surface area contributed by atoms with E-state index in [4.69, 9.17) is 14.2 Å². The molecule has 2 aromatic heterocycles. The molecule has 0 fully saturated rings. The third kappa shape index (κ3) is 11.8. The van der Waals surface area contributed by atoms with Crippen molar-refractivity contribution in [2.45, 2.75) is 92.8 Å². The lowest BCUT2D eigenvalue weighted by Crippen LogP contribution is -2.39. The van der Waals surface area contributed by atoms with Crippen molar-refractivity contribution in [3.8, 4) is 22.9 Å². The Kier molecular flexibility index (Phi) is 16.2. The first kappa shape index (κ1) is 51.6. The number of nitrogens with zero attached hydrogens (tertiary/aromatic N) is 6. The van der Waals surface area contributed by atoms with E-state index in [1.54, 1.807) is 38.1 Å². The van der Waals surface area contributed by atoms with E-state index in [0.717, 1.165) is 36.6 Å². The summed E-state index contributed by atoms with van der Waals surface area (Å²) in [5, 5.41) is 28.3. The summed E-state index contributed by atoms with van der Waals surface area (Å²) in [5.74, 6) is -0.711. The number of ether oxygens (including phenoxy) is 3. The molecule has 14 heteroatoms. The van der Waals surface area contributed by atoms with Crippen LogP contribution in [0.15, 0.2) is 142 Å². The van der Waals surface area contributed by atoms with Crippen LogP contribution in [-0.4, -0.2) is 53.6 Å². The standard InChI is InChI=1S/C26H26BrN3O3.C25H24BrN3O3.2CH4/c1-5-32-25(31)24(17-10-12-18(13-11-17)26(2,3)4)33-23-15-14-19(27)16-22(23)30-28-20-8-6-7-9-21(20)29-30;1-24(2,3)16-9-11-17(12-10-16)25(4,23(30)31)32-22-14-13-18(26)15-21(22)29-27-19-7-5-6-8-20(19)28-29;;/h6-16,24H,5H2,1-4H3;5-15H,1-4H3,(H,30,31);2*1H4. The normalized spacial score (nSPS) is 12.7. The van der Waals surface area contributed by atoms with Crippen LogP contribution < -0.4 is 9.47 Å². The molecular formula is C53H58Br2N6O6. The Morgan fingerprint density at radius 3 is 1.37 bits per heavy atom. The maximum absolute atomic E-state index is 12.9. The average Bonchev–Trinajstić information content (AvgIpc) is 3.91. The van der Waals surface area contributed by atoms with Gasteiger partial charge in [0, 0.05) is 20.1 Å². The van der Waals surface area contributed by atoms with Gasteiger partial charge < -0.3 is 19.3 Å². The van der Waals surface area contributed by atoms with Gasteiger partial charge in [-0.05, 0) is 96.5 Å². The summed E-state index contributed by atoms with van der Waals surface area (Å²) >= 11 is 6.99. The van der Waals surface area contributed by atoms with Crippen molar-refractivity contribution in [2.75, 3.05) is 6.61 Å². The second-order valence-electron chi connectivity index (χ2n) is 17.6. The predicted molar refractivity (Wildman–Crippen MR) is 272 cm³/mol. The zero-order valence-corrected chi connectivity index (χ0v) is 40.6. The van der Waals surface area contributed by atoms with Crippen LogP contribution in [0.3, 0.4) is 0 Å². The first-order valence-corrected chi connectivity index (χ1v) is 22.6. The fraction of sp³-hybridized carbons (Fsp3) is 0.283. The summed E-state index contributed by atoms with van der Waals surface area (Å²) in [4.78, 5) is 28.3. The zero-order valence-electron chi connectivity index (χ0n) is 37.4. The molecule has 2 atom stereocenters. The lowest BCUT2D eigenvalue weighted by Gasteiger charge is -2.29. The zero-order chi connectivity index (χ0) is 46.7. The van der Waals surface area contributed by atoms with E-state index in [2.05, 4.69) is 93.8 Å². The van der Waals surface area contributed by atoms with Gasteiger partial charge in [-0.15, -0.1) is 30.0 Å². The highest BCUT2D eigenvalue weighted by Gasteiger charge is 2.39. The number of esters is 1. The van der Waals surface area contributed by atoms with Crippen LogP contribution >= 0.6 is 31.9 Å². The van der Waals surface area contributed by atoms with Gasteiger partial charge in [0.15, 0.2) is 0 Å². The molecule has 12 nitrogen and oxygen atoms in total. The summed E-state index contributed by atoms with van der Waals surface area (Å²) in [6.45, 7) is 16.4. The van der Waals surface area contributed by atoms with E-state index in [0.29, 0.717) is 34.0 Å². The number of carboxylic acid groups (broad SMARTS) is 1. The van der Waals surface area contributed by atoms with Gasteiger partial charge in [-0.3, -0.25) is 0 Å². The summed E-state index contributed by atoms with van der Waals surface area (Å²) in [6.07, 6.45) is -0.927. The first-order valence-electron chi connectivity index (χ1n) is 21.1. The number of carboxylic acids is 1. The lowest BCUT2D eigenvalue weighted by atomic mass is 9.85. The molecule has 350 valence electrons. The number of aliphatic carboxylic acids is 1. The molecule has 67 heavy (non-hydrogen) atoms. The second-order valence-corrected chi connectivity index (χ2v) is 19.4. The lowest BCUT2D eigenvalue weighted by molar-refractivity contribution is -0.154. The van der Waals surface area contributed by atoms with Crippen LogP contribution in [0.25, 0.3) is 33.4 Å². The molecule has 0 bridgehead atoms. The molecule has 1 N–H and O–H groups in total. The Morgan fingerprint density at radius 2 is 0.970 bits per heavy atom. The molecule has 0 spiro atoms. The monoisotopic (exact) mass is 1030 g/mol. The number of rotatable bonds is 11. The Balaban J connectivity index is 0.000000244. The molecule has 0 saturated heterocycles. The van der Waals surface area contributed by atoms with Crippen molar-refractivity contribution in [3.63, 3.8) is 0 Å². The molecule has 0 amide bonds. The molecule has 2 heterocycles. The Hall–Kier alpha value is -6.38. The molecule has 0 aliphatic rings. The maximum Gasteiger partial charge on any atom is 0.352 e. The Bertz CT molecular complexity index is 2910. The molecule has 0 radical (unpaired) electrons. The third-order valence-corrected chi connectivity index (χ3v) is 11.7. The highest BCUT2D eigenvalue weighted by molar-refractivity contribution is 9.10. The van der Waals surface area contributed by atoms with Crippen molar-refractivity contribution in [1.82, 2.24) is 30.0 Å². The first-order chi connectivity index (χ1) is 30.8. The number of benzene rings is 6. The maximum atomic E-state index is 12.9. The van der Waals surface area contributed by atoms with Crippen LogP contribution in [0, 0.1) is 0 Å². The Labute approximate surface area is 409 Å². The fourth-order valence-electron chi connectivity index (χ4n) is 6.90. The molecule has 0 aliphatic heterocycles. The largest absolute Gasteiger partial charge is 0.478 e. The molecular weight excluding hydrogens is 976 g/mol. The number of hydrogen-bond donors (Lipinski definition) is 1. The highest BCUT2D eigenvalue weighted by atomic mass is 79.9. The second kappa shape index (κ2) is 21.1. The Morgan fingerprint density at radius 1 is 0.582 bits per heavy atom. The van der Waals surface area contributed by atoms with Crippen molar-refractivity contribution in [2.24, 2.45) is 0 Å². The summed E-state index contributed by atoms with van der Waals surface area (Å²) < 4.78 is 19.4. The number of aromatic nitrogens is 6. The average molecular weight is 1030 g/mol. The van der Waals surface area contributed by atoms with Crippen molar-refractivity contribution >= 4 is 65.9 Å². The van der Waals surface area contributed by atoms with E-state index < -0.39 is 23.6 Å². The molecule has 2 unspecified atom stereocenters. The van der Waals surface area contributed by atoms with Crippen molar-refractivity contribution in [3.05, 3.63) is 165 Å². The van der Waals surface area contributed by atoms with Gasteiger partial charge in [0.2, 0.25) is 11.7 Å². The van der Waals surface area contributed by atoms with Gasteiger partial charge in [0.05, 0.1) is 6.61 Å². The number of fused-ring (bicyclic) bond motifs is 2. The van der Waals surface area contributed by atoms with Gasteiger partial charge in [-0.1, -0.05) is 161 Å². The van der Waals surface area contributed by atoms with Gasteiger partial charge >= 0.3 is 11.9 Å². The van der Waals surface area contributed by atoms with Crippen LogP contribution in [-0.2, 0) is 30.8 Å². The topological polar surface area (TPSA) is 143 Å². The number of hydrogen-bond acceptors (Lipinski definition) is 9. The van der Waals surface area contributed by atoms with Crippen LogP contribution in [0.4, 0.5) is 0 Å². The number of carbonyl (C=O) groups excluding carboxylic acids is 1. The van der Waals surface area contributed by atoms with E-state index in [9.17, 15) is 14.7 Å². The molecule has 6 aromatic carbocycles. The van der Waals surface area contributed by atoms with Crippen LogP contribution in [0.2, 0.25) is 0 Å². The van der Waals surface area contributed by atoms with E-state index in [1.807, 2.05) is 109 Å². The van der Waals surface area contributed by atoms with Crippen molar-refractivity contribution in [1.29, 1.82) is 0 Å². The van der Waals surface area contributed by atoms with Gasteiger partial charge in [-0.25, -0.2) is 9.59 Å². The van der Waals surface area contributed by atoms with Crippen LogP contribution in [0.1, 0.15) is 98.6 Å². The molecule has 8 aromatic rings. The van der Waals surface area contributed by atoms with Gasteiger partial charge in [0.25, 0.3) is 0 Å². The minimum Gasteiger partial charge on any atom is -0.478 e. The number of halogens is 2. The SMILES string of the molecule is C.C.CC(C)(C)c1ccc(C(C)(Oc2ccc(Br)cc2-n2nc3ccccc3n2)C(=O)O)cc1.CCOC(=O)C(Oc1ccc(Br)cc1-n1nc2ccccc2n1)c1ccc(C(C)(C)C)cc1. The van der Waals surface area contributed by atoms with Crippen molar-refractivity contribution < 1.29 is 28.9 Å². The molecule has 0 saturated carbocycles. The predicted octanol–water partition coefficient (Wildman–Crippen LogP) is 13.3. The molecule has 8 rings (SSSR count). The van der Waals surface area contributed by atoms with E-state index in [1.165, 1.54) is 15.2 Å². The quantitative estimate of drug-likeness (QED) is 0.124. The summed E-state index contributed by atoms with van der Waals surface area (Å²) in [6, 6.07) is 41.4. The number of carbonyl (C=O) groups is 2. The van der Waals surface area contributed by atoms with Gasteiger partial charge in [0.1, 0.15) is 44.9 Å². The summed E-state index contributed by atoms with van der Waals surface area (Å²) in [7, 11) is 0. The smallest absolute Gasteiger partial charge is 0.352 e. The minimum atomic E-state index is -1.61. The molecule has 0 aliphatic carbocycles. The highest BCUT2D eigenvalue weighted by Crippen LogP contribution is 2.36. The minimum absolute atomic E-state index is 0. The fourth-order valence-corrected chi connectivity index (χ4v) is 7.60. The van der Waals surface area contributed by atoms with Crippen LogP contribution in [0.5, 0.6) is 11.5 Å². The third-order valence-electron chi connectivity index (χ3n) is 10.7.